The number of rotatable bonds is 10. The van der Waals surface area contributed by atoms with Crippen molar-refractivity contribution < 1.29 is 14.7 Å². The number of thiazole rings is 1. The maximum atomic E-state index is 13.4. The minimum Gasteiger partial charge on any atom is -0.393 e. The smallest absolute Gasteiger partial charge is 0.253 e. The van der Waals surface area contributed by atoms with Crippen molar-refractivity contribution in [3.63, 3.8) is 0 Å². The Hall–Kier alpha value is -2.83. The van der Waals surface area contributed by atoms with E-state index in [0.717, 1.165) is 41.9 Å². The zero-order valence-corrected chi connectivity index (χ0v) is 22.0. The van der Waals surface area contributed by atoms with Crippen LogP contribution in [-0.2, 0) is 13.0 Å². The Morgan fingerprint density at radius 2 is 1.78 bits per heavy atom. The maximum absolute atomic E-state index is 13.4. The number of Topliss-reactive ketones (excluding diaryl/α,β-unsaturated/α-hetero) is 1. The lowest BCUT2D eigenvalue weighted by Crippen LogP contribution is -2.33. The zero-order valence-electron chi connectivity index (χ0n) is 21.2. The summed E-state index contributed by atoms with van der Waals surface area (Å²) in [5, 5.41) is 14.3. The number of amides is 1. The Bertz CT molecular complexity index is 1150. The second-order valence-corrected chi connectivity index (χ2v) is 11.1. The van der Waals surface area contributed by atoms with E-state index in [1.807, 2.05) is 30.5 Å². The van der Waals surface area contributed by atoms with Crippen LogP contribution < -0.4 is 0 Å². The molecule has 1 aliphatic rings. The van der Waals surface area contributed by atoms with Crippen LogP contribution in [0.1, 0.15) is 75.5 Å². The average Bonchev–Trinajstić information content (AvgIpc) is 3.32. The summed E-state index contributed by atoms with van der Waals surface area (Å²) in [5.41, 5.74) is 3.00. The first-order valence-electron chi connectivity index (χ1n) is 12.9. The maximum Gasteiger partial charge on any atom is 0.253 e. The molecule has 5 nitrogen and oxygen atoms in total. The minimum absolute atomic E-state index is 0.0294. The lowest BCUT2D eigenvalue weighted by molar-refractivity contribution is 0.0292. The summed E-state index contributed by atoms with van der Waals surface area (Å²) >= 11 is 1.56. The molecule has 0 unspecified atom stereocenters. The Morgan fingerprint density at radius 3 is 2.47 bits per heavy atom. The van der Waals surface area contributed by atoms with Crippen molar-refractivity contribution in [3.8, 4) is 0 Å². The fourth-order valence-corrected chi connectivity index (χ4v) is 5.89. The molecule has 6 heteroatoms. The molecule has 0 saturated heterocycles. The van der Waals surface area contributed by atoms with Gasteiger partial charge in [0.1, 0.15) is 0 Å². The van der Waals surface area contributed by atoms with Gasteiger partial charge in [-0.25, -0.2) is 4.98 Å². The first-order valence-corrected chi connectivity index (χ1v) is 13.8. The molecule has 4 rings (SSSR count). The average molecular weight is 505 g/mol. The minimum atomic E-state index is -0.507. The van der Waals surface area contributed by atoms with E-state index in [0.29, 0.717) is 24.1 Å². The number of hydrogen-bond acceptors (Lipinski definition) is 5. The standard InChI is InChI=1S/C30H36N2O3S/c1-21-31-27(20-36-21)19-32(2)30(35)25-15-9-14-24(17-25)28(33)18-26(16-22-10-5-3-6-11-22)29(34)23-12-7-4-8-13-23/h3,5-6,9-11,14-15,17,20,23,26,29,34H,4,7-8,12-13,16,18-19H2,1-2H3/t26-,29-/m1/s1. The molecule has 2 aromatic carbocycles. The first kappa shape index (κ1) is 26.2. The van der Waals surface area contributed by atoms with E-state index < -0.39 is 6.10 Å². The second-order valence-electron chi connectivity index (χ2n) is 10.1. The van der Waals surface area contributed by atoms with Gasteiger partial charge in [-0.2, -0.15) is 0 Å². The molecule has 1 aromatic heterocycles. The number of carbonyl (C=O) groups excluding carboxylic acids is 2. The first-order chi connectivity index (χ1) is 17.4. The van der Waals surface area contributed by atoms with Gasteiger partial charge in [0.05, 0.1) is 23.4 Å². The predicted octanol–water partition coefficient (Wildman–Crippen LogP) is 6.10. The normalized spacial score (nSPS) is 15.9. The van der Waals surface area contributed by atoms with Gasteiger partial charge in [0.2, 0.25) is 0 Å². The fraction of sp³-hybridized carbons (Fsp3) is 0.433. The highest BCUT2D eigenvalue weighted by Crippen LogP contribution is 2.33. The number of aromatic nitrogens is 1. The van der Waals surface area contributed by atoms with Crippen LogP contribution in [0.2, 0.25) is 0 Å². The van der Waals surface area contributed by atoms with Crippen molar-refractivity contribution in [2.75, 3.05) is 7.05 Å². The van der Waals surface area contributed by atoms with Crippen molar-refractivity contribution in [2.45, 2.75) is 64.5 Å². The highest BCUT2D eigenvalue weighted by molar-refractivity contribution is 7.09. The lowest BCUT2D eigenvalue weighted by Gasteiger charge is -2.32. The molecule has 190 valence electrons. The molecule has 0 bridgehead atoms. The molecule has 0 aliphatic heterocycles. The number of aliphatic hydroxyl groups excluding tert-OH is 1. The van der Waals surface area contributed by atoms with Gasteiger partial charge >= 0.3 is 0 Å². The topological polar surface area (TPSA) is 70.5 Å². The van der Waals surface area contributed by atoms with E-state index in [9.17, 15) is 14.7 Å². The number of aliphatic hydroxyl groups is 1. The highest BCUT2D eigenvalue weighted by atomic mass is 32.1. The van der Waals surface area contributed by atoms with Gasteiger partial charge in [0, 0.05) is 30.0 Å². The number of benzene rings is 2. The molecule has 36 heavy (non-hydrogen) atoms. The molecular weight excluding hydrogens is 468 g/mol. The molecular formula is C30H36N2O3S. The number of hydrogen-bond donors (Lipinski definition) is 1. The molecule has 0 radical (unpaired) electrons. The summed E-state index contributed by atoms with van der Waals surface area (Å²) in [6, 6.07) is 17.1. The van der Waals surface area contributed by atoms with Crippen LogP contribution in [0.15, 0.2) is 60.0 Å². The van der Waals surface area contributed by atoms with Crippen molar-refractivity contribution in [3.05, 3.63) is 87.4 Å². The molecule has 1 aliphatic carbocycles. The van der Waals surface area contributed by atoms with E-state index in [4.69, 9.17) is 0 Å². The SMILES string of the molecule is Cc1nc(CN(C)C(=O)c2cccc(C(=O)C[C@@H](Cc3ccccc3)[C@H](O)C3CCCCC3)c2)cs1. The monoisotopic (exact) mass is 504 g/mol. The van der Waals surface area contributed by atoms with Crippen LogP contribution >= 0.6 is 11.3 Å². The van der Waals surface area contributed by atoms with Gasteiger partial charge in [-0.1, -0.05) is 61.7 Å². The molecule has 1 saturated carbocycles. The van der Waals surface area contributed by atoms with Gasteiger partial charge < -0.3 is 10.0 Å². The number of ketones is 1. The molecule has 1 amide bonds. The number of carbonyl (C=O) groups is 2. The van der Waals surface area contributed by atoms with Crippen LogP contribution in [0.5, 0.6) is 0 Å². The molecule has 1 heterocycles. The van der Waals surface area contributed by atoms with Crippen LogP contribution in [0.4, 0.5) is 0 Å². The van der Waals surface area contributed by atoms with Crippen molar-refractivity contribution in [1.82, 2.24) is 9.88 Å². The molecule has 1 fully saturated rings. The van der Waals surface area contributed by atoms with Gasteiger partial charge in [0.25, 0.3) is 5.91 Å². The summed E-state index contributed by atoms with van der Waals surface area (Å²) in [5.74, 6) is -0.0780. The van der Waals surface area contributed by atoms with Crippen LogP contribution in [0.3, 0.4) is 0 Å². The third-order valence-electron chi connectivity index (χ3n) is 7.25. The van der Waals surface area contributed by atoms with E-state index >= 15 is 0 Å². The van der Waals surface area contributed by atoms with Gasteiger partial charge in [-0.15, -0.1) is 11.3 Å². The second kappa shape index (κ2) is 12.4. The molecule has 3 aromatic rings. The van der Waals surface area contributed by atoms with Gasteiger partial charge in [-0.3, -0.25) is 9.59 Å². The van der Waals surface area contributed by atoms with Crippen molar-refractivity contribution >= 4 is 23.0 Å². The Balaban J connectivity index is 1.47. The van der Waals surface area contributed by atoms with Crippen molar-refractivity contribution in [1.29, 1.82) is 0 Å². The molecule has 2 atom stereocenters. The summed E-state index contributed by atoms with van der Waals surface area (Å²) in [6.45, 7) is 2.37. The zero-order chi connectivity index (χ0) is 25.5. The quantitative estimate of drug-likeness (QED) is 0.339. The van der Waals surface area contributed by atoms with E-state index in [-0.39, 0.29) is 29.9 Å². The Morgan fingerprint density at radius 1 is 1.06 bits per heavy atom. The summed E-state index contributed by atoms with van der Waals surface area (Å²) in [6.07, 6.45) is 5.98. The van der Waals surface area contributed by atoms with Gasteiger partial charge in [0.15, 0.2) is 5.78 Å². The lowest BCUT2D eigenvalue weighted by atomic mass is 9.76. The Labute approximate surface area is 218 Å². The summed E-state index contributed by atoms with van der Waals surface area (Å²) < 4.78 is 0. The predicted molar refractivity (Wildman–Crippen MR) is 144 cm³/mol. The van der Waals surface area contributed by atoms with Crippen LogP contribution in [0.25, 0.3) is 0 Å². The highest BCUT2D eigenvalue weighted by Gasteiger charge is 2.31. The fourth-order valence-electron chi connectivity index (χ4n) is 5.29. The third-order valence-corrected chi connectivity index (χ3v) is 8.07. The summed E-state index contributed by atoms with van der Waals surface area (Å²) in [7, 11) is 1.75. The Kier molecular flexibility index (Phi) is 9.05. The summed E-state index contributed by atoms with van der Waals surface area (Å²) in [4.78, 5) is 32.6. The molecule has 1 N–H and O–H groups in total. The third kappa shape index (κ3) is 6.89. The van der Waals surface area contributed by atoms with E-state index in [1.54, 1.807) is 47.5 Å². The molecule has 0 spiro atoms. The van der Waals surface area contributed by atoms with Gasteiger partial charge in [-0.05, 0) is 55.7 Å². The van der Waals surface area contributed by atoms with E-state index in [1.165, 1.54) is 6.42 Å². The van der Waals surface area contributed by atoms with Crippen molar-refractivity contribution in [2.24, 2.45) is 11.8 Å². The largest absolute Gasteiger partial charge is 0.393 e. The van der Waals surface area contributed by atoms with Crippen LogP contribution in [0, 0.1) is 18.8 Å². The number of aryl methyl sites for hydroxylation is 1. The van der Waals surface area contributed by atoms with E-state index in [2.05, 4.69) is 17.1 Å². The van der Waals surface area contributed by atoms with Crippen LogP contribution in [-0.4, -0.2) is 39.8 Å². The number of nitrogens with zero attached hydrogens (tertiary/aromatic N) is 2.